The second-order valence-corrected chi connectivity index (χ2v) is 10.7. The van der Waals surface area contributed by atoms with Gasteiger partial charge in [-0.3, -0.25) is 13.9 Å². The molecular weight excluding hydrogens is 556 g/mol. The minimum atomic E-state index is -3.72. The van der Waals surface area contributed by atoms with Gasteiger partial charge in [0.15, 0.2) is 0 Å². The lowest BCUT2D eigenvalue weighted by atomic mass is 10.1. The number of hydrogen-bond donors (Lipinski definition) is 2. The SMILES string of the molecule is C/C(=N\NC(=O)CN(c1ccccc1Br)S(C)(=O)=O)c1cccc(NC(=O)c2cccc(Cl)c2)c1. The predicted molar refractivity (Wildman–Crippen MR) is 143 cm³/mol. The van der Waals surface area contributed by atoms with Gasteiger partial charge in [-0.25, -0.2) is 13.8 Å². The monoisotopic (exact) mass is 576 g/mol. The number of halogens is 2. The van der Waals surface area contributed by atoms with Crippen molar-refractivity contribution in [1.29, 1.82) is 0 Å². The van der Waals surface area contributed by atoms with Crippen molar-refractivity contribution in [2.45, 2.75) is 6.92 Å². The maximum Gasteiger partial charge on any atom is 0.260 e. The fourth-order valence-electron chi connectivity index (χ4n) is 3.07. The Morgan fingerprint density at radius 1 is 1.00 bits per heavy atom. The molecule has 11 heteroatoms. The zero-order valence-electron chi connectivity index (χ0n) is 18.8. The van der Waals surface area contributed by atoms with Crippen LogP contribution in [0.3, 0.4) is 0 Å². The second kappa shape index (κ2) is 11.5. The van der Waals surface area contributed by atoms with Gasteiger partial charge in [0.25, 0.3) is 11.8 Å². The number of hydrazone groups is 1. The zero-order valence-corrected chi connectivity index (χ0v) is 22.0. The molecule has 3 aromatic carbocycles. The van der Waals surface area contributed by atoms with E-state index in [2.05, 4.69) is 31.8 Å². The molecule has 2 amide bonds. The standard InChI is InChI=1S/C24H22BrClN4O4S/c1-16(17-7-6-10-20(14-17)27-24(32)18-8-5-9-19(26)13-18)28-29-23(31)15-30(35(2,33)34)22-12-4-3-11-21(22)25/h3-14H,15H2,1-2H3,(H,27,32)(H,29,31)/b28-16+. The third-order valence-corrected chi connectivity index (χ3v) is 6.81. The topological polar surface area (TPSA) is 108 Å². The number of carbonyl (C=O) groups is 2. The number of hydrogen-bond acceptors (Lipinski definition) is 5. The molecule has 8 nitrogen and oxygen atoms in total. The first kappa shape index (κ1) is 26.4. The minimum Gasteiger partial charge on any atom is -0.322 e. The number of nitrogens with zero attached hydrogens (tertiary/aromatic N) is 2. The van der Waals surface area contributed by atoms with Crippen molar-refractivity contribution < 1.29 is 18.0 Å². The van der Waals surface area contributed by atoms with E-state index >= 15 is 0 Å². The smallest absolute Gasteiger partial charge is 0.260 e. The van der Waals surface area contributed by atoms with Crippen molar-refractivity contribution in [2.24, 2.45) is 5.10 Å². The summed E-state index contributed by atoms with van der Waals surface area (Å²) in [6, 6.07) is 20.2. The Morgan fingerprint density at radius 2 is 1.69 bits per heavy atom. The first-order valence-corrected chi connectivity index (χ1v) is 13.3. The maximum atomic E-state index is 12.5. The van der Waals surface area contributed by atoms with Crippen molar-refractivity contribution >= 4 is 66.5 Å². The summed E-state index contributed by atoms with van der Waals surface area (Å²) < 4.78 is 26.1. The summed E-state index contributed by atoms with van der Waals surface area (Å²) in [5.74, 6) is -0.934. The Balaban J connectivity index is 1.70. The highest BCUT2D eigenvalue weighted by atomic mass is 79.9. The number of nitrogens with one attached hydrogen (secondary N) is 2. The highest BCUT2D eigenvalue weighted by Gasteiger charge is 2.22. The maximum absolute atomic E-state index is 12.5. The highest BCUT2D eigenvalue weighted by Crippen LogP contribution is 2.27. The molecule has 3 aromatic rings. The molecule has 0 aliphatic carbocycles. The summed E-state index contributed by atoms with van der Waals surface area (Å²) in [7, 11) is -3.72. The molecule has 0 spiro atoms. The van der Waals surface area contributed by atoms with E-state index < -0.39 is 22.5 Å². The van der Waals surface area contributed by atoms with E-state index in [-0.39, 0.29) is 5.91 Å². The van der Waals surface area contributed by atoms with Crippen LogP contribution in [-0.4, -0.2) is 38.7 Å². The summed E-state index contributed by atoms with van der Waals surface area (Å²) in [6.45, 7) is 1.23. The van der Waals surface area contributed by atoms with E-state index in [1.165, 1.54) is 0 Å². The number of para-hydroxylation sites is 1. The Kier molecular flexibility index (Phi) is 8.66. The molecule has 0 aromatic heterocycles. The molecule has 0 atom stereocenters. The molecule has 3 rings (SSSR count). The number of sulfonamides is 1. The fourth-order valence-corrected chi connectivity index (χ4v) is 4.74. The van der Waals surface area contributed by atoms with Crippen LogP contribution < -0.4 is 15.0 Å². The first-order chi connectivity index (χ1) is 16.5. The molecule has 0 heterocycles. The third kappa shape index (κ3) is 7.38. The zero-order chi connectivity index (χ0) is 25.6. The molecule has 0 saturated heterocycles. The van der Waals surface area contributed by atoms with E-state index in [9.17, 15) is 18.0 Å². The van der Waals surface area contributed by atoms with Crippen molar-refractivity contribution in [3.63, 3.8) is 0 Å². The molecule has 182 valence electrons. The van der Waals surface area contributed by atoms with Crippen LogP contribution in [0, 0.1) is 0 Å². The number of benzene rings is 3. The Labute approximate surface area is 217 Å². The Hall–Kier alpha value is -3.21. The molecule has 2 N–H and O–H groups in total. The highest BCUT2D eigenvalue weighted by molar-refractivity contribution is 9.10. The number of anilines is 2. The molecule has 0 bridgehead atoms. The van der Waals surface area contributed by atoms with Crippen LogP contribution >= 0.6 is 27.5 Å². The Morgan fingerprint density at radius 3 is 2.37 bits per heavy atom. The molecule has 0 saturated carbocycles. The predicted octanol–water partition coefficient (Wildman–Crippen LogP) is 4.66. The quantitative estimate of drug-likeness (QED) is 0.300. The van der Waals surface area contributed by atoms with E-state index in [4.69, 9.17) is 11.6 Å². The summed E-state index contributed by atoms with van der Waals surface area (Å²) in [5, 5.41) is 7.34. The number of amides is 2. The molecule has 0 aliphatic heterocycles. The van der Waals surface area contributed by atoms with Crippen molar-refractivity contribution in [3.05, 3.63) is 93.4 Å². The molecular formula is C24H22BrClN4O4S. The lowest BCUT2D eigenvalue weighted by Gasteiger charge is -2.22. The molecule has 0 fully saturated rings. The fraction of sp³-hybridized carbons (Fsp3) is 0.125. The third-order valence-electron chi connectivity index (χ3n) is 4.78. The van der Waals surface area contributed by atoms with Gasteiger partial charge in [0.2, 0.25) is 10.0 Å². The lowest BCUT2D eigenvalue weighted by molar-refractivity contribution is -0.119. The first-order valence-electron chi connectivity index (χ1n) is 10.3. The van der Waals surface area contributed by atoms with Crippen LogP contribution in [0.5, 0.6) is 0 Å². The molecule has 0 radical (unpaired) electrons. The second-order valence-electron chi connectivity index (χ2n) is 7.50. The van der Waals surface area contributed by atoms with Gasteiger partial charge in [-0.2, -0.15) is 5.10 Å². The molecule has 0 unspecified atom stereocenters. The van der Waals surface area contributed by atoms with Crippen LogP contribution in [0.15, 0.2) is 82.4 Å². The van der Waals surface area contributed by atoms with Gasteiger partial charge in [-0.15, -0.1) is 0 Å². The summed E-state index contributed by atoms with van der Waals surface area (Å²) >= 11 is 9.26. The van der Waals surface area contributed by atoms with Gasteiger partial charge in [0.05, 0.1) is 17.7 Å². The van der Waals surface area contributed by atoms with Gasteiger partial charge >= 0.3 is 0 Å². The van der Waals surface area contributed by atoms with Gasteiger partial charge in [0.1, 0.15) is 6.54 Å². The largest absolute Gasteiger partial charge is 0.322 e. The summed E-state index contributed by atoms with van der Waals surface area (Å²) in [4.78, 5) is 25.0. The lowest BCUT2D eigenvalue weighted by Crippen LogP contribution is -2.39. The number of carbonyl (C=O) groups excluding carboxylic acids is 2. The van der Waals surface area contributed by atoms with Crippen LogP contribution in [0.25, 0.3) is 0 Å². The molecule has 35 heavy (non-hydrogen) atoms. The van der Waals surface area contributed by atoms with Gasteiger partial charge in [0, 0.05) is 20.7 Å². The van der Waals surface area contributed by atoms with Gasteiger partial charge in [-0.1, -0.05) is 41.9 Å². The number of rotatable bonds is 8. The summed E-state index contributed by atoms with van der Waals surface area (Å²) in [5.41, 5.74) is 4.80. The van der Waals surface area contributed by atoms with Crippen molar-refractivity contribution in [1.82, 2.24) is 5.43 Å². The average Bonchev–Trinajstić information content (AvgIpc) is 2.81. The van der Waals surface area contributed by atoms with Gasteiger partial charge in [-0.05, 0) is 70.9 Å². The van der Waals surface area contributed by atoms with E-state index in [1.807, 2.05) is 0 Å². The van der Waals surface area contributed by atoms with E-state index in [0.717, 1.165) is 10.6 Å². The summed E-state index contributed by atoms with van der Waals surface area (Å²) in [6.07, 6.45) is 1.03. The van der Waals surface area contributed by atoms with E-state index in [0.29, 0.717) is 37.7 Å². The van der Waals surface area contributed by atoms with Crippen LogP contribution in [-0.2, 0) is 14.8 Å². The van der Waals surface area contributed by atoms with Crippen LogP contribution in [0.4, 0.5) is 11.4 Å². The van der Waals surface area contributed by atoms with Gasteiger partial charge < -0.3 is 5.32 Å². The average molecular weight is 578 g/mol. The van der Waals surface area contributed by atoms with Crippen LogP contribution in [0.2, 0.25) is 5.02 Å². The van der Waals surface area contributed by atoms with Crippen molar-refractivity contribution in [2.75, 3.05) is 22.4 Å². The normalized spacial score (nSPS) is 11.6. The van der Waals surface area contributed by atoms with E-state index in [1.54, 1.807) is 79.7 Å². The van der Waals surface area contributed by atoms with Crippen molar-refractivity contribution in [3.8, 4) is 0 Å². The Bertz CT molecular complexity index is 1400. The van der Waals surface area contributed by atoms with Crippen LogP contribution in [0.1, 0.15) is 22.8 Å². The minimum absolute atomic E-state index is 0.319. The molecule has 0 aliphatic rings.